The molecule has 0 atom stereocenters. The molecule has 0 aliphatic heterocycles. The van der Waals surface area contributed by atoms with Crippen LogP contribution in [-0.2, 0) is 13.1 Å². The monoisotopic (exact) mass is 288 g/mol. The van der Waals surface area contributed by atoms with Gasteiger partial charge >= 0.3 is 0 Å². The van der Waals surface area contributed by atoms with Gasteiger partial charge < -0.3 is 10.3 Å². The zero-order chi connectivity index (χ0) is 14.1. The third-order valence-electron chi connectivity index (χ3n) is 3.44. The van der Waals surface area contributed by atoms with Gasteiger partial charge in [0, 0.05) is 24.8 Å². The summed E-state index contributed by atoms with van der Waals surface area (Å²) in [7, 11) is 0. The van der Waals surface area contributed by atoms with Crippen LogP contribution in [0.4, 0.5) is 4.39 Å². The van der Waals surface area contributed by atoms with Crippen molar-refractivity contribution in [1.82, 2.24) is 4.57 Å². The number of hydrogen-bond acceptors (Lipinski definition) is 1. The molecule has 0 unspecified atom stereocenters. The van der Waals surface area contributed by atoms with Gasteiger partial charge in [0.25, 0.3) is 0 Å². The Kier molecular flexibility index (Phi) is 3.47. The van der Waals surface area contributed by atoms with Gasteiger partial charge in [-0.1, -0.05) is 29.8 Å². The molecule has 2 nitrogen and oxygen atoms in total. The number of hydrogen-bond donors (Lipinski definition) is 1. The quantitative estimate of drug-likeness (QED) is 0.777. The normalized spacial score (nSPS) is 11.2. The van der Waals surface area contributed by atoms with E-state index >= 15 is 0 Å². The zero-order valence-electron chi connectivity index (χ0n) is 10.8. The van der Waals surface area contributed by atoms with Crippen LogP contribution in [-0.4, -0.2) is 4.57 Å². The lowest BCUT2D eigenvalue weighted by molar-refractivity contribution is 0.624. The summed E-state index contributed by atoms with van der Waals surface area (Å²) in [5.74, 6) is -0.383. The molecule has 2 aromatic carbocycles. The number of rotatable bonds is 3. The summed E-state index contributed by atoms with van der Waals surface area (Å²) >= 11 is 6.00. The molecule has 3 rings (SSSR count). The highest BCUT2D eigenvalue weighted by Crippen LogP contribution is 2.23. The van der Waals surface area contributed by atoms with E-state index in [1.165, 1.54) is 6.07 Å². The van der Waals surface area contributed by atoms with Gasteiger partial charge in [-0.25, -0.2) is 4.39 Å². The van der Waals surface area contributed by atoms with E-state index in [0.717, 1.165) is 22.0 Å². The van der Waals surface area contributed by atoms with E-state index < -0.39 is 0 Å². The highest BCUT2D eigenvalue weighted by Gasteiger charge is 2.08. The summed E-state index contributed by atoms with van der Waals surface area (Å²) < 4.78 is 15.5. The first kappa shape index (κ1) is 13.2. The maximum atomic E-state index is 13.5. The fraction of sp³-hybridized carbons (Fsp3) is 0.125. The van der Waals surface area contributed by atoms with Gasteiger partial charge in [-0.2, -0.15) is 0 Å². The molecule has 102 valence electrons. The molecular formula is C16H14ClFN2. The van der Waals surface area contributed by atoms with Crippen LogP contribution in [0.25, 0.3) is 10.9 Å². The average Bonchev–Trinajstić information content (AvgIpc) is 2.86. The molecule has 1 heterocycles. The summed E-state index contributed by atoms with van der Waals surface area (Å²) in [4.78, 5) is 0. The van der Waals surface area contributed by atoms with Crippen LogP contribution in [0.1, 0.15) is 11.1 Å². The first-order valence-corrected chi connectivity index (χ1v) is 6.77. The van der Waals surface area contributed by atoms with E-state index in [2.05, 4.69) is 10.6 Å². The summed E-state index contributed by atoms with van der Waals surface area (Å²) in [5, 5.41) is 1.31. The lowest BCUT2D eigenvalue weighted by Gasteiger charge is -2.08. The topological polar surface area (TPSA) is 30.9 Å². The van der Waals surface area contributed by atoms with Gasteiger partial charge in [0.1, 0.15) is 5.82 Å². The van der Waals surface area contributed by atoms with E-state index in [4.69, 9.17) is 17.3 Å². The number of halogens is 2. The lowest BCUT2D eigenvalue weighted by Crippen LogP contribution is -2.00. The molecule has 0 aliphatic carbocycles. The van der Waals surface area contributed by atoms with Crippen molar-refractivity contribution in [2.24, 2.45) is 5.73 Å². The van der Waals surface area contributed by atoms with Gasteiger partial charge in [0.2, 0.25) is 0 Å². The summed E-state index contributed by atoms with van der Waals surface area (Å²) in [6, 6.07) is 13.0. The number of benzene rings is 2. The van der Waals surface area contributed by atoms with Crippen molar-refractivity contribution in [2.45, 2.75) is 13.1 Å². The molecule has 0 radical (unpaired) electrons. The van der Waals surface area contributed by atoms with Crippen LogP contribution < -0.4 is 5.73 Å². The van der Waals surface area contributed by atoms with Crippen molar-refractivity contribution in [3.8, 4) is 0 Å². The van der Waals surface area contributed by atoms with Crippen LogP contribution in [0.2, 0.25) is 5.02 Å². The smallest absolute Gasteiger partial charge is 0.142 e. The third-order valence-corrected chi connectivity index (χ3v) is 3.87. The largest absolute Gasteiger partial charge is 0.343 e. The Morgan fingerprint density at radius 1 is 1.15 bits per heavy atom. The van der Waals surface area contributed by atoms with Crippen LogP contribution in [0.5, 0.6) is 0 Å². The average molecular weight is 289 g/mol. The maximum absolute atomic E-state index is 13.5. The van der Waals surface area contributed by atoms with E-state index in [1.54, 1.807) is 6.07 Å². The predicted molar refractivity (Wildman–Crippen MR) is 80.3 cm³/mol. The van der Waals surface area contributed by atoms with E-state index in [0.29, 0.717) is 13.1 Å². The first-order valence-electron chi connectivity index (χ1n) is 6.40. The molecule has 3 aromatic rings. The summed E-state index contributed by atoms with van der Waals surface area (Å²) in [6.45, 7) is 1.07. The fourth-order valence-corrected chi connectivity index (χ4v) is 2.55. The minimum atomic E-state index is -0.383. The Bertz CT molecular complexity index is 764. The molecule has 4 heteroatoms. The molecule has 1 aromatic heterocycles. The van der Waals surface area contributed by atoms with E-state index in [1.807, 2.05) is 30.5 Å². The van der Waals surface area contributed by atoms with Crippen LogP contribution in [0.15, 0.2) is 48.7 Å². The fourth-order valence-electron chi connectivity index (χ4n) is 2.37. The summed E-state index contributed by atoms with van der Waals surface area (Å²) in [5.41, 5.74) is 8.59. The molecule has 0 spiro atoms. The SMILES string of the molecule is NCc1ccc2c(ccn2Cc2cccc(F)c2Cl)c1. The lowest BCUT2D eigenvalue weighted by atomic mass is 10.1. The molecule has 2 N–H and O–H groups in total. The minimum absolute atomic E-state index is 0.188. The molecule has 0 aliphatic rings. The molecule has 20 heavy (non-hydrogen) atoms. The van der Waals surface area contributed by atoms with Crippen molar-refractivity contribution in [2.75, 3.05) is 0 Å². The van der Waals surface area contributed by atoms with Crippen LogP contribution in [0, 0.1) is 5.82 Å². The van der Waals surface area contributed by atoms with Gasteiger partial charge in [-0.05, 0) is 40.8 Å². The number of nitrogens with zero attached hydrogens (tertiary/aromatic N) is 1. The van der Waals surface area contributed by atoms with Crippen molar-refractivity contribution in [3.63, 3.8) is 0 Å². The van der Waals surface area contributed by atoms with E-state index in [-0.39, 0.29) is 10.8 Å². The highest BCUT2D eigenvalue weighted by atomic mass is 35.5. The Hall–Kier alpha value is -1.84. The van der Waals surface area contributed by atoms with Crippen molar-refractivity contribution >= 4 is 22.5 Å². The standard InChI is InChI=1S/C16H14ClFN2/c17-16-13(2-1-3-14(16)18)10-20-7-6-12-8-11(9-19)4-5-15(12)20/h1-8H,9-10,19H2. The Balaban J connectivity index is 2.01. The minimum Gasteiger partial charge on any atom is -0.343 e. The highest BCUT2D eigenvalue weighted by molar-refractivity contribution is 6.31. The molecular weight excluding hydrogens is 275 g/mol. The second-order valence-corrected chi connectivity index (χ2v) is 5.13. The molecule has 0 saturated heterocycles. The van der Waals surface area contributed by atoms with E-state index in [9.17, 15) is 4.39 Å². The predicted octanol–water partition coefficient (Wildman–Crippen LogP) is 3.94. The van der Waals surface area contributed by atoms with Crippen molar-refractivity contribution in [1.29, 1.82) is 0 Å². The zero-order valence-corrected chi connectivity index (χ0v) is 11.6. The molecule has 0 fully saturated rings. The van der Waals surface area contributed by atoms with Crippen LogP contribution in [0.3, 0.4) is 0 Å². The molecule has 0 bridgehead atoms. The number of aromatic nitrogens is 1. The second-order valence-electron chi connectivity index (χ2n) is 4.75. The van der Waals surface area contributed by atoms with Crippen LogP contribution >= 0.6 is 11.6 Å². The van der Waals surface area contributed by atoms with Gasteiger partial charge in [-0.15, -0.1) is 0 Å². The first-order chi connectivity index (χ1) is 9.69. The number of fused-ring (bicyclic) bond motifs is 1. The van der Waals surface area contributed by atoms with Gasteiger partial charge in [0.05, 0.1) is 5.02 Å². The Morgan fingerprint density at radius 3 is 2.80 bits per heavy atom. The summed E-state index contributed by atoms with van der Waals surface area (Å²) in [6.07, 6.45) is 1.98. The van der Waals surface area contributed by atoms with Gasteiger partial charge in [-0.3, -0.25) is 0 Å². The Labute approximate surface area is 121 Å². The molecule has 0 amide bonds. The van der Waals surface area contributed by atoms with Gasteiger partial charge in [0.15, 0.2) is 0 Å². The van der Waals surface area contributed by atoms with Crippen molar-refractivity contribution in [3.05, 3.63) is 70.6 Å². The number of nitrogens with two attached hydrogens (primary N) is 1. The second kappa shape index (κ2) is 5.27. The van der Waals surface area contributed by atoms with Crippen molar-refractivity contribution < 1.29 is 4.39 Å². The maximum Gasteiger partial charge on any atom is 0.142 e. The Morgan fingerprint density at radius 2 is 2.00 bits per heavy atom. The third kappa shape index (κ3) is 2.30. The molecule has 0 saturated carbocycles.